The number of anilines is 1. The average molecular weight is 423 g/mol. The summed E-state index contributed by atoms with van der Waals surface area (Å²) in [6.07, 6.45) is 2.06. The number of halogens is 1. The summed E-state index contributed by atoms with van der Waals surface area (Å²) >= 11 is 3.50. The molecule has 3 fully saturated rings. The van der Waals surface area contributed by atoms with Crippen LogP contribution in [0.3, 0.4) is 0 Å². The largest absolute Gasteiger partial charge is 0.350 e. The van der Waals surface area contributed by atoms with Crippen molar-refractivity contribution in [1.29, 1.82) is 0 Å². The zero-order chi connectivity index (χ0) is 18.1. The first kappa shape index (κ1) is 17.9. The van der Waals surface area contributed by atoms with Crippen molar-refractivity contribution < 1.29 is 19.1 Å². The van der Waals surface area contributed by atoms with Gasteiger partial charge < -0.3 is 19.3 Å². The number of likely N-dealkylation sites (tertiary alicyclic amines) is 1. The van der Waals surface area contributed by atoms with E-state index in [2.05, 4.69) is 15.9 Å². The summed E-state index contributed by atoms with van der Waals surface area (Å²) < 4.78 is 12.1. The third-order valence-corrected chi connectivity index (χ3v) is 6.09. The minimum absolute atomic E-state index is 0.00580. The predicted molar refractivity (Wildman–Crippen MR) is 99.6 cm³/mol. The first-order valence-electron chi connectivity index (χ1n) is 9.20. The first-order valence-corrected chi connectivity index (χ1v) is 9.99. The lowest BCUT2D eigenvalue weighted by Gasteiger charge is -2.36. The fourth-order valence-electron chi connectivity index (χ4n) is 4.12. The molecule has 3 aliphatic heterocycles. The zero-order valence-electron chi connectivity index (χ0n) is 14.6. The summed E-state index contributed by atoms with van der Waals surface area (Å²) in [5.41, 5.74) is 0.831. The fraction of sp³-hybridized carbons (Fsp3) is 0.579. The average Bonchev–Trinajstić information content (AvgIpc) is 3.32. The smallest absolute Gasteiger partial charge is 0.228 e. The van der Waals surface area contributed by atoms with Gasteiger partial charge in [0, 0.05) is 36.4 Å². The van der Waals surface area contributed by atoms with E-state index in [1.165, 1.54) is 0 Å². The first-order chi connectivity index (χ1) is 12.6. The van der Waals surface area contributed by atoms with Gasteiger partial charge in [-0.2, -0.15) is 0 Å². The highest BCUT2D eigenvalue weighted by Gasteiger charge is 2.40. The molecule has 0 N–H and O–H groups in total. The molecule has 1 aromatic rings. The van der Waals surface area contributed by atoms with E-state index >= 15 is 0 Å². The van der Waals surface area contributed by atoms with Crippen LogP contribution in [0.15, 0.2) is 28.7 Å². The van der Waals surface area contributed by atoms with Crippen LogP contribution in [0.1, 0.15) is 19.3 Å². The van der Waals surface area contributed by atoms with Crippen molar-refractivity contribution in [2.24, 2.45) is 11.8 Å². The van der Waals surface area contributed by atoms with E-state index in [4.69, 9.17) is 9.47 Å². The second-order valence-corrected chi connectivity index (χ2v) is 8.01. The molecule has 6 nitrogen and oxygen atoms in total. The van der Waals surface area contributed by atoms with Gasteiger partial charge in [0.25, 0.3) is 0 Å². The van der Waals surface area contributed by atoms with Crippen LogP contribution in [0.4, 0.5) is 5.69 Å². The van der Waals surface area contributed by atoms with Crippen LogP contribution in [-0.4, -0.2) is 55.9 Å². The topological polar surface area (TPSA) is 59.1 Å². The Morgan fingerprint density at radius 1 is 1.15 bits per heavy atom. The number of carbonyl (C=O) groups excluding carboxylic acids is 2. The molecule has 0 aromatic heterocycles. The molecule has 4 rings (SSSR count). The van der Waals surface area contributed by atoms with Gasteiger partial charge in [-0.15, -0.1) is 0 Å². The van der Waals surface area contributed by atoms with E-state index in [1.807, 2.05) is 29.2 Å². The van der Waals surface area contributed by atoms with E-state index in [0.717, 1.165) is 29.5 Å². The van der Waals surface area contributed by atoms with Crippen molar-refractivity contribution in [3.63, 3.8) is 0 Å². The quantitative estimate of drug-likeness (QED) is 0.750. The lowest BCUT2D eigenvalue weighted by molar-refractivity contribution is -0.143. The van der Waals surface area contributed by atoms with Crippen LogP contribution < -0.4 is 4.90 Å². The van der Waals surface area contributed by atoms with E-state index in [-0.39, 0.29) is 36.4 Å². The molecule has 7 heteroatoms. The number of para-hydroxylation sites is 1. The third-order valence-electron chi connectivity index (χ3n) is 5.42. The molecule has 2 amide bonds. The van der Waals surface area contributed by atoms with Crippen molar-refractivity contribution in [3.05, 3.63) is 28.7 Å². The maximum atomic E-state index is 13.0. The molecule has 26 heavy (non-hydrogen) atoms. The number of hydrogen-bond donors (Lipinski definition) is 0. The predicted octanol–water partition coefficient (Wildman–Crippen LogP) is 2.41. The normalized spacial score (nSPS) is 27.3. The van der Waals surface area contributed by atoms with Gasteiger partial charge in [0.2, 0.25) is 11.8 Å². The third kappa shape index (κ3) is 3.52. The molecule has 2 atom stereocenters. The molecule has 2 unspecified atom stereocenters. The molecule has 3 saturated heterocycles. The van der Waals surface area contributed by atoms with Crippen molar-refractivity contribution in [1.82, 2.24) is 4.90 Å². The molecule has 140 valence electrons. The highest BCUT2D eigenvalue weighted by molar-refractivity contribution is 9.10. The fourth-order valence-corrected chi connectivity index (χ4v) is 4.61. The Morgan fingerprint density at radius 2 is 1.92 bits per heavy atom. The van der Waals surface area contributed by atoms with Crippen molar-refractivity contribution in [3.8, 4) is 0 Å². The monoisotopic (exact) mass is 422 g/mol. The Hall–Kier alpha value is -1.44. The summed E-state index contributed by atoms with van der Waals surface area (Å²) in [4.78, 5) is 29.1. The number of hydrogen-bond acceptors (Lipinski definition) is 4. The van der Waals surface area contributed by atoms with E-state index < -0.39 is 0 Å². The number of carbonyl (C=O) groups is 2. The van der Waals surface area contributed by atoms with Crippen molar-refractivity contribution in [2.75, 3.05) is 37.7 Å². The summed E-state index contributed by atoms with van der Waals surface area (Å²) in [5.74, 6) is 0.0346. The molecule has 1 aromatic carbocycles. The number of rotatable bonds is 3. The molecular weight excluding hydrogens is 400 g/mol. The zero-order valence-corrected chi connectivity index (χ0v) is 16.2. The number of benzene rings is 1. The van der Waals surface area contributed by atoms with Crippen LogP contribution in [0.5, 0.6) is 0 Å². The maximum Gasteiger partial charge on any atom is 0.228 e. The van der Waals surface area contributed by atoms with E-state index in [1.54, 1.807) is 4.90 Å². The highest BCUT2D eigenvalue weighted by Crippen LogP contribution is 2.33. The van der Waals surface area contributed by atoms with Crippen LogP contribution >= 0.6 is 15.9 Å². The Labute approximate surface area is 161 Å². The minimum Gasteiger partial charge on any atom is -0.350 e. The Morgan fingerprint density at radius 3 is 2.69 bits per heavy atom. The van der Waals surface area contributed by atoms with E-state index in [9.17, 15) is 9.59 Å². The molecule has 0 aliphatic carbocycles. The van der Waals surface area contributed by atoms with Gasteiger partial charge in [0.15, 0.2) is 6.29 Å². The molecule has 0 radical (unpaired) electrons. The highest BCUT2D eigenvalue weighted by atomic mass is 79.9. The van der Waals surface area contributed by atoms with Crippen LogP contribution in [0, 0.1) is 11.8 Å². The van der Waals surface area contributed by atoms with Crippen LogP contribution in [-0.2, 0) is 19.1 Å². The second kappa shape index (κ2) is 7.66. The summed E-state index contributed by atoms with van der Waals surface area (Å²) in [5, 5.41) is 0. The molecule has 0 spiro atoms. The SMILES string of the molecule is O=C(C1CC(=O)N(c2ccccc2Br)C1)N1CCCC(C2OCCO2)C1. The lowest BCUT2D eigenvalue weighted by Crippen LogP contribution is -2.46. The van der Waals surface area contributed by atoms with Crippen molar-refractivity contribution >= 4 is 33.4 Å². The van der Waals surface area contributed by atoms with Gasteiger partial charge in [-0.05, 0) is 40.9 Å². The van der Waals surface area contributed by atoms with Gasteiger partial charge in [-0.25, -0.2) is 0 Å². The van der Waals surface area contributed by atoms with Gasteiger partial charge in [-0.1, -0.05) is 12.1 Å². The number of ether oxygens (including phenoxy) is 2. The number of piperidine rings is 1. The number of nitrogens with zero attached hydrogens (tertiary/aromatic N) is 2. The van der Waals surface area contributed by atoms with Gasteiger partial charge in [-0.3, -0.25) is 9.59 Å². The summed E-state index contributed by atoms with van der Waals surface area (Å²) in [7, 11) is 0. The van der Waals surface area contributed by atoms with Gasteiger partial charge in [0.1, 0.15) is 0 Å². The van der Waals surface area contributed by atoms with Gasteiger partial charge >= 0.3 is 0 Å². The molecule has 0 bridgehead atoms. The maximum absolute atomic E-state index is 13.0. The second-order valence-electron chi connectivity index (χ2n) is 7.15. The lowest BCUT2D eigenvalue weighted by atomic mass is 9.95. The van der Waals surface area contributed by atoms with E-state index in [0.29, 0.717) is 26.3 Å². The Bertz CT molecular complexity index is 692. The van der Waals surface area contributed by atoms with Crippen LogP contribution in [0.25, 0.3) is 0 Å². The molecule has 0 saturated carbocycles. The van der Waals surface area contributed by atoms with Crippen molar-refractivity contribution in [2.45, 2.75) is 25.6 Å². The molecule has 3 heterocycles. The standard InChI is InChI=1S/C19H23BrN2O4/c20-15-5-1-2-6-16(15)22-12-14(10-17(22)23)18(24)21-7-3-4-13(11-21)19-25-8-9-26-19/h1-2,5-6,13-14,19H,3-4,7-12H2. The summed E-state index contributed by atoms with van der Waals surface area (Å²) in [6.45, 7) is 3.11. The molecule has 3 aliphatic rings. The number of amides is 2. The Balaban J connectivity index is 1.42. The minimum atomic E-state index is -0.279. The van der Waals surface area contributed by atoms with Crippen LogP contribution in [0.2, 0.25) is 0 Å². The Kier molecular flexibility index (Phi) is 5.29. The van der Waals surface area contributed by atoms with Gasteiger partial charge in [0.05, 0.1) is 24.8 Å². The molecular formula is C19H23BrN2O4. The summed E-state index contributed by atoms with van der Waals surface area (Å²) in [6, 6.07) is 7.63.